The largest absolute Gasteiger partial charge is 0.326 e. The standard InChI is InChI=1S/C11H18N2O3S2/c1-9(8-17(2)14)13-18(15,16)11-5-3-4-10(6-11)7-12/h3-6,9,13H,7-8,12H2,1-2H3. The van der Waals surface area contributed by atoms with Crippen LogP contribution in [0.3, 0.4) is 0 Å². The van der Waals surface area contributed by atoms with Crippen LogP contribution in [0.1, 0.15) is 12.5 Å². The lowest BCUT2D eigenvalue weighted by atomic mass is 10.2. The summed E-state index contributed by atoms with van der Waals surface area (Å²) >= 11 is 0. The molecule has 0 aliphatic carbocycles. The van der Waals surface area contributed by atoms with Gasteiger partial charge in [-0.15, -0.1) is 0 Å². The Balaban J connectivity index is 2.88. The quantitative estimate of drug-likeness (QED) is 0.782. The summed E-state index contributed by atoms with van der Waals surface area (Å²) in [7, 11) is -4.62. The second kappa shape index (κ2) is 6.42. The first-order chi connectivity index (χ1) is 8.35. The molecule has 1 rings (SSSR count). The third kappa shape index (κ3) is 4.49. The summed E-state index contributed by atoms with van der Waals surface area (Å²) in [5, 5.41) is 0. The molecular weight excluding hydrogens is 272 g/mol. The molecule has 0 aliphatic rings. The Morgan fingerprint density at radius 3 is 2.67 bits per heavy atom. The molecule has 0 radical (unpaired) electrons. The zero-order chi connectivity index (χ0) is 13.8. The summed E-state index contributed by atoms with van der Waals surface area (Å²) in [6, 6.07) is 6.10. The van der Waals surface area contributed by atoms with E-state index >= 15 is 0 Å². The van der Waals surface area contributed by atoms with Crippen molar-refractivity contribution in [2.75, 3.05) is 12.0 Å². The minimum atomic E-state index is -3.58. The summed E-state index contributed by atoms with van der Waals surface area (Å²) < 4.78 is 37.6. The molecule has 0 aromatic heterocycles. The fourth-order valence-electron chi connectivity index (χ4n) is 1.56. The van der Waals surface area contributed by atoms with E-state index < -0.39 is 20.8 Å². The van der Waals surface area contributed by atoms with E-state index in [9.17, 15) is 12.6 Å². The highest BCUT2D eigenvalue weighted by atomic mass is 32.2. The fourth-order valence-corrected chi connectivity index (χ4v) is 3.76. The summed E-state index contributed by atoms with van der Waals surface area (Å²) in [5.74, 6) is 0.288. The molecule has 2 atom stereocenters. The van der Waals surface area contributed by atoms with E-state index in [0.717, 1.165) is 5.56 Å². The van der Waals surface area contributed by atoms with E-state index in [2.05, 4.69) is 4.72 Å². The lowest BCUT2D eigenvalue weighted by molar-refractivity contribution is 0.570. The van der Waals surface area contributed by atoms with Crippen LogP contribution in [0, 0.1) is 0 Å². The van der Waals surface area contributed by atoms with Crippen LogP contribution in [-0.2, 0) is 27.4 Å². The minimum Gasteiger partial charge on any atom is -0.326 e. The van der Waals surface area contributed by atoms with Crippen molar-refractivity contribution in [2.45, 2.75) is 24.4 Å². The van der Waals surface area contributed by atoms with E-state index in [4.69, 9.17) is 5.73 Å². The molecule has 1 aromatic rings. The Morgan fingerprint density at radius 1 is 1.44 bits per heavy atom. The third-order valence-corrected chi connectivity index (χ3v) is 4.84. The van der Waals surface area contributed by atoms with Crippen molar-refractivity contribution in [3.05, 3.63) is 29.8 Å². The monoisotopic (exact) mass is 290 g/mol. The Kier molecular flexibility index (Phi) is 5.46. The van der Waals surface area contributed by atoms with E-state index in [0.29, 0.717) is 0 Å². The summed E-state index contributed by atoms with van der Waals surface area (Å²) in [6.07, 6.45) is 1.54. The molecule has 2 unspecified atom stereocenters. The summed E-state index contributed by atoms with van der Waals surface area (Å²) in [6.45, 7) is 1.98. The highest BCUT2D eigenvalue weighted by Gasteiger charge is 2.18. The van der Waals surface area contributed by atoms with Crippen molar-refractivity contribution < 1.29 is 12.6 Å². The number of hydrogen-bond acceptors (Lipinski definition) is 4. The van der Waals surface area contributed by atoms with Crippen molar-refractivity contribution in [1.82, 2.24) is 4.72 Å². The SMILES string of the molecule is CC(CS(C)=O)NS(=O)(=O)c1cccc(CN)c1. The predicted molar refractivity (Wildman–Crippen MR) is 73.1 cm³/mol. The van der Waals surface area contributed by atoms with Gasteiger partial charge >= 0.3 is 0 Å². The van der Waals surface area contributed by atoms with Gasteiger partial charge in [0.05, 0.1) is 4.90 Å². The van der Waals surface area contributed by atoms with Gasteiger partial charge in [0, 0.05) is 35.4 Å². The molecule has 7 heteroatoms. The zero-order valence-electron chi connectivity index (χ0n) is 10.4. The molecule has 0 amide bonds. The van der Waals surface area contributed by atoms with Gasteiger partial charge in [-0.1, -0.05) is 12.1 Å². The van der Waals surface area contributed by atoms with E-state index in [1.54, 1.807) is 25.3 Å². The minimum absolute atomic E-state index is 0.180. The summed E-state index contributed by atoms with van der Waals surface area (Å²) in [5.41, 5.74) is 6.23. The van der Waals surface area contributed by atoms with Gasteiger partial charge in [0.2, 0.25) is 10.0 Å². The second-order valence-corrected chi connectivity index (χ2v) is 7.31. The highest BCUT2D eigenvalue weighted by Crippen LogP contribution is 2.11. The number of nitrogens with one attached hydrogen (secondary N) is 1. The molecule has 0 saturated heterocycles. The maximum Gasteiger partial charge on any atom is 0.240 e. The molecule has 18 heavy (non-hydrogen) atoms. The first kappa shape index (κ1) is 15.3. The van der Waals surface area contributed by atoms with Crippen molar-refractivity contribution in [1.29, 1.82) is 0 Å². The molecule has 3 N–H and O–H groups in total. The van der Waals surface area contributed by atoms with Crippen LogP contribution >= 0.6 is 0 Å². The van der Waals surface area contributed by atoms with Gasteiger partial charge in [0.25, 0.3) is 0 Å². The van der Waals surface area contributed by atoms with Gasteiger partial charge in [-0.25, -0.2) is 13.1 Å². The number of sulfonamides is 1. The van der Waals surface area contributed by atoms with Gasteiger partial charge in [0.15, 0.2) is 0 Å². The van der Waals surface area contributed by atoms with Gasteiger partial charge in [-0.05, 0) is 24.6 Å². The molecule has 5 nitrogen and oxygen atoms in total. The van der Waals surface area contributed by atoms with E-state index in [1.807, 2.05) is 0 Å². The summed E-state index contributed by atoms with van der Waals surface area (Å²) in [4.78, 5) is 0.180. The maximum absolute atomic E-state index is 12.0. The zero-order valence-corrected chi connectivity index (χ0v) is 12.1. The molecule has 0 bridgehead atoms. The predicted octanol–water partition coefficient (Wildman–Crippen LogP) is 0.191. The Labute approximate surface area is 110 Å². The van der Waals surface area contributed by atoms with Crippen LogP contribution in [0.15, 0.2) is 29.2 Å². The van der Waals surface area contributed by atoms with Crippen LogP contribution < -0.4 is 10.5 Å². The topological polar surface area (TPSA) is 89.3 Å². The van der Waals surface area contributed by atoms with Crippen molar-refractivity contribution in [2.24, 2.45) is 5.73 Å². The second-order valence-electron chi connectivity index (χ2n) is 4.11. The van der Waals surface area contributed by atoms with Crippen LogP contribution in [0.4, 0.5) is 0 Å². The Bertz CT molecular complexity index is 529. The number of nitrogens with two attached hydrogens (primary N) is 1. The lowest BCUT2D eigenvalue weighted by Crippen LogP contribution is -2.36. The van der Waals surface area contributed by atoms with E-state index in [1.165, 1.54) is 12.1 Å². The molecule has 0 fully saturated rings. The Hall–Kier alpha value is -0.760. The van der Waals surface area contributed by atoms with Crippen LogP contribution in [0.25, 0.3) is 0 Å². The van der Waals surface area contributed by atoms with Gasteiger partial charge < -0.3 is 5.73 Å². The Morgan fingerprint density at radius 2 is 2.11 bits per heavy atom. The molecule has 0 spiro atoms. The molecule has 1 aromatic carbocycles. The average Bonchev–Trinajstić information content (AvgIpc) is 2.27. The molecule has 0 saturated carbocycles. The van der Waals surface area contributed by atoms with Gasteiger partial charge in [0.1, 0.15) is 0 Å². The van der Waals surface area contributed by atoms with Crippen molar-refractivity contribution in [3.63, 3.8) is 0 Å². The number of hydrogen-bond donors (Lipinski definition) is 2. The van der Waals surface area contributed by atoms with Crippen LogP contribution in [0.2, 0.25) is 0 Å². The molecule has 102 valence electrons. The maximum atomic E-state index is 12.0. The molecule has 0 heterocycles. The highest BCUT2D eigenvalue weighted by molar-refractivity contribution is 7.89. The first-order valence-electron chi connectivity index (χ1n) is 5.46. The number of rotatable bonds is 6. The first-order valence-corrected chi connectivity index (χ1v) is 8.67. The number of benzene rings is 1. The van der Waals surface area contributed by atoms with E-state index in [-0.39, 0.29) is 23.2 Å². The van der Waals surface area contributed by atoms with Gasteiger partial charge in [-0.3, -0.25) is 4.21 Å². The molecule has 0 aliphatic heterocycles. The van der Waals surface area contributed by atoms with Crippen molar-refractivity contribution >= 4 is 20.8 Å². The van der Waals surface area contributed by atoms with Gasteiger partial charge in [-0.2, -0.15) is 0 Å². The normalized spacial score (nSPS) is 15.3. The van der Waals surface area contributed by atoms with Crippen molar-refractivity contribution in [3.8, 4) is 0 Å². The van der Waals surface area contributed by atoms with Crippen LogP contribution in [-0.4, -0.2) is 30.7 Å². The molecular formula is C11H18N2O3S2. The fraction of sp³-hybridized carbons (Fsp3) is 0.455. The smallest absolute Gasteiger partial charge is 0.240 e. The van der Waals surface area contributed by atoms with Crippen LogP contribution in [0.5, 0.6) is 0 Å². The average molecular weight is 290 g/mol. The lowest BCUT2D eigenvalue weighted by Gasteiger charge is -2.13. The third-order valence-electron chi connectivity index (χ3n) is 2.29.